The van der Waals surface area contributed by atoms with Gasteiger partial charge in [0.1, 0.15) is 5.69 Å². The third kappa shape index (κ3) is 1.12. The van der Waals surface area contributed by atoms with E-state index in [1.165, 1.54) is 0 Å². The number of rotatable bonds is 1. The van der Waals surface area contributed by atoms with E-state index in [1.54, 1.807) is 18.5 Å². The maximum absolute atomic E-state index is 4.57. The van der Waals surface area contributed by atoms with Crippen LogP contribution in [0.15, 0.2) is 35.1 Å². The molecule has 0 aromatic carbocycles. The molecule has 1 radical (unpaired) electrons. The molecule has 0 amide bonds. The van der Waals surface area contributed by atoms with Crippen molar-refractivity contribution < 1.29 is 4.52 Å². The van der Waals surface area contributed by atoms with Gasteiger partial charge in [-0.15, -0.1) is 0 Å². The normalized spacial score (nSPS) is 9.82. The fourth-order valence-electron chi connectivity index (χ4n) is 0.843. The van der Waals surface area contributed by atoms with Gasteiger partial charge in [0.2, 0.25) is 6.26 Å². The lowest BCUT2D eigenvalue weighted by atomic mass is 10.2. The fraction of sp³-hybridized carbons (Fsp3) is 0. The molecule has 2 heterocycles. The summed E-state index contributed by atoms with van der Waals surface area (Å²) in [5.74, 6) is 0. The van der Waals surface area contributed by atoms with Gasteiger partial charge in [-0.25, -0.2) is 0 Å². The largest absolute Gasteiger partial charge is 0.352 e. The highest BCUT2D eigenvalue weighted by Gasteiger charge is 1.97. The average molecular weight is 145 g/mol. The van der Waals surface area contributed by atoms with E-state index in [9.17, 15) is 0 Å². The van der Waals surface area contributed by atoms with E-state index in [0.29, 0.717) is 0 Å². The molecule has 0 aliphatic carbocycles. The first-order valence-electron chi connectivity index (χ1n) is 3.20. The molecule has 0 bridgehead atoms. The first-order valence-corrected chi connectivity index (χ1v) is 3.20. The van der Waals surface area contributed by atoms with Gasteiger partial charge in [-0.05, 0) is 12.1 Å². The van der Waals surface area contributed by atoms with Crippen LogP contribution in [0.25, 0.3) is 11.3 Å². The maximum Gasteiger partial charge on any atom is 0.205 e. The van der Waals surface area contributed by atoms with Crippen molar-refractivity contribution in [1.82, 2.24) is 10.1 Å². The molecule has 0 aliphatic rings. The Labute approximate surface area is 63.7 Å². The summed E-state index contributed by atoms with van der Waals surface area (Å²) in [5.41, 5.74) is 1.78. The van der Waals surface area contributed by atoms with E-state index in [2.05, 4.69) is 20.9 Å². The number of hydrogen-bond acceptors (Lipinski definition) is 3. The Morgan fingerprint density at radius 2 is 2.09 bits per heavy atom. The van der Waals surface area contributed by atoms with Gasteiger partial charge in [-0.2, -0.15) is 0 Å². The van der Waals surface area contributed by atoms with Gasteiger partial charge >= 0.3 is 0 Å². The zero-order valence-electron chi connectivity index (χ0n) is 5.69. The highest BCUT2D eigenvalue weighted by atomic mass is 16.5. The first kappa shape index (κ1) is 6.09. The second-order valence-electron chi connectivity index (χ2n) is 2.07. The van der Waals surface area contributed by atoms with Gasteiger partial charge in [0.05, 0.1) is 0 Å². The molecule has 2 rings (SSSR count). The minimum atomic E-state index is 0.785. The van der Waals surface area contributed by atoms with Crippen LogP contribution in [0, 0.1) is 6.26 Å². The van der Waals surface area contributed by atoms with Crippen molar-refractivity contribution in [3.05, 3.63) is 36.9 Å². The highest BCUT2D eigenvalue weighted by Crippen LogP contribution is 2.13. The summed E-state index contributed by atoms with van der Waals surface area (Å²) in [5, 5.41) is 3.73. The number of aromatic nitrogens is 2. The summed E-state index contributed by atoms with van der Waals surface area (Å²) in [6.45, 7) is 0. The Morgan fingerprint density at radius 1 is 1.27 bits per heavy atom. The van der Waals surface area contributed by atoms with Crippen molar-refractivity contribution >= 4 is 0 Å². The topological polar surface area (TPSA) is 38.9 Å². The average Bonchev–Trinajstić information content (AvgIpc) is 2.58. The molecule has 2 aromatic heterocycles. The third-order valence-electron chi connectivity index (χ3n) is 1.37. The Hall–Kier alpha value is -1.64. The lowest BCUT2D eigenvalue weighted by Gasteiger charge is -1.90. The monoisotopic (exact) mass is 145 g/mol. The lowest BCUT2D eigenvalue weighted by molar-refractivity contribution is 0.415. The predicted molar refractivity (Wildman–Crippen MR) is 38.6 cm³/mol. The van der Waals surface area contributed by atoms with Gasteiger partial charge in [0.15, 0.2) is 0 Å². The number of hydrogen-bond donors (Lipinski definition) is 0. The molecule has 2 aromatic rings. The second-order valence-corrected chi connectivity index (χ2v) is 2.07. The quantitative estimate of drug-likeness (QED) is 0.610. The van der Waals surface area contributed by atoms with E-state index in [-0.39, 0.29) is 0 Å². The van der Waals surface area contributed by atoms with Crippen molar-refractivity contribution in [2.75, 3.05) is 0 Å². The van der Waals surface area contributed by atoms with Crippen molar-refractivity contribution in [2.24, 2.45) is 0 Å². The van der Waals surface area contributed by atoms with E-state index in [0.717, 1.165) is 11.3 Å². The zero-order chi connectivity index (χ0) is 7.52. The van der Waals surface area contributed by atoms with Crippen LogP contribution in [-0.4, -0.2) is 10.1 Å². The van der Waals surface area contributed by atoms with Crippen LogP contribution < -0.4 is 0 Å². The molecular formula is C8H5N2O. The van der Waals surface area contributed by atoms with Crippen molar-refractivity contribution in [3.63, 3.8) is 0 Å². The van der Waals surface area contributed by atoms with Crippen LogP contribution in [0.2, 0.25) is 0 Å². The molecule has 0 N–H and O–H groups in total. The summed E-state index contributed by atoms with van der Waals surface area (Å²) in [7, 11) is 0. The molecule has 0 saturated heterocycles. The highest BCUT2D eigenvalue weighted by molar-refractivity contribution is 5.56. The number of pyridine rings is 1. The Bertz CT molecular complexity index is 315. The summed E-state index contributed by atoms with van der Waals surface area (Å²) in [6.07, 6.45) is 5.95. The molecule has 53 valence electrons. The molecule has 3 heteroatoms. The molecular weight excluding hydrogens is 140 g/mol. The molecule has 11 heavy (non-hydrogen) atoms. The van der Waals surface area contributed by atoms with Gasteiger partial charge < -0.3 is 4.52 Å². The summed E-state index contributed by atoms with van der Waals surface area (Å²) in [6, 6.07) is 5.42. The van der Waals surface area contributed by atoms with Gasteiger partial charge in [0, 0.05) is 24.0 Å². The Kier molecular flexibility index (Phi) is 1.41. The van der Waals surface area contributed by atoms with Crippen molar-refractivity contribution in [2.45, 2.75) is 0 Å². The molecule has 0 aliphatic heterocycles. The molecule has 0 atom stereocenters. The Morgan fingerprint density at radius 3 is 2.73 bits per heavy atom. The molecule has 0 saturated carbocycles. The lowest BCUT2D eigenvalue weighted by Crippen LogP contribution is -1.75. The van der Waals surface area contributed by atoms with Crippen LogP contribution in [0.3, 0.4) is 0 Å². The van der Waals surface area contributed by atoms with Crippen LogP contribution in [0.5, 0.6) is 0 Å². The van der Waals surface area contributed by atoms with Gasteiger partial charge in [0.25, 0.3) is 0 Å². The third-order valence-corrected chi connectivity index (χ3v) is 1.37. The van der Waals surface area contributed by atoms with Crippen LogP contribution in [0.4, 0.5) is 0 Å². The predicted octanol–water partition coefficient (Wildman–Crippen LogP) is 1.54. The molecule has 0 spiro atoms. The first-order chi connectivity index (χ1) is 5.47. The molecule has 3 nitrogen and oxygen atoms in total. The maximum atomic E-state index is 4.57. The Balaban J connectivity index is 2.46. The van der Waals surface area contributed by atoms with Crippen LogP contribution in [-0.2, 0) is 0 Å². The second kappa shape index (κ2) is 2.54. The molecule has 0 fully saturated rings. The molecule has 0 unspecified atom stereocenters. The van der Waals surface area contributed by atoms with Crippen LogP contribution >= 0.6 is 0 Å². The van der Waals surface area contributed by atoms with Crippen molar-refractivity contribution in [3.8, 4) is 11.3 Å². The smallest absolute Gasteiger partial charge is 0.205 e. The van der Waals surface area contributed by atoms with Gasteiger partial charge in [-0.1, -0.05) is 5.16 Å². The number of nitrogens with zero attached hydrogens (tertiary/aromatic N) is 2. The fourth-order valence-corrected chi connectivity index (χ4v) is 0.843. The standard InChI is InChI=1S/C8H5N2O/c1-4-9-5-2-7(1)8-3-6-11-10-8/h1-5H. The summed E-state index contributed by atoms with van der Waals surface area (Å²) < 4.78 is 4.57. The van der Waals surface area contributed by atoms with E-state index < -0.39 is 0 Å². The van der Waals surface area contributed by atoms with E-state index in [1.807, 2.05) is 12.1 Å². The van der Waals surface area contributed by atoms with Gasteiger partial charge in [-0.3, -0.25) is 4.98 Å². The van der Waals surface area contributed by atoms with Crippen molar-refractivity contribution in [1.29, 1.82) is 0 Å². The summed E-state index contributed by atoms with van der Waals surface area (Å²) >= 11 is 0. The van der Waals surface area contributed by atoms with E-state index in [4.69, 9.17) is 0 Å². The minimum Gasteiger partial charge on any atom is -0.352 e. The minimum absolute atomic E-state index is 0.785. The van der Waals surface area contributed by atoms with E-state index >= 15 is 0 Å². The zero-order valence-corrected chi connectivity index (χ0v) is 5.69. The summed E-state index contributed by atoms with van der Waals surface area (Å²) in [4.78, 5) is 3.89. The van der Waals surface area contributed by atoms with Crippen LogP contribution in [0.1, 0.15) is 0 Å². The SMILES string of the molecule is [c]1cc(-c2ccncc2)no1.